The third kappa shape index (κ3) is 6.81. The largest absolute Gasteiger partial charge is 0.463 e. The average Bonchev–Trinajstić information content (AvgIpc) is 3.02. The first-order chi connectivity index (χ1) is 14.1. The summed E-state index contributed by atoms with van der Waals surface area (Å²) in [7, 11) is 0. The van der Waals surface area contributed by atoms with Crippen molar-refractivity contribution in [2.75, 3.05) is 12.3 Å². The highest BCUT2D eigenvalue weighted by Crippen LogP contribution is 2.38. The number of ether oxygens (including phenoxy) is 5. The maximum atomic E-state index is 11.7. The molecule has 166 valence electrons. The van der Waals surface area contributed by atoms with Gasteiger partial charge in [0.15, 0.2) is 28.1 Å². The Hall–Kier alpha value is -2.45. The van der Waals surface area contributed by atoms with Crippen molar-refractivity contribution >= 4 is 52.1 Å². The molecule has 12 nitrogen and oxygen atoms in total. The third-order valence-corrected chi connectivity index (χ3v) is 5.57. The molecular weight excluding hydrogens is 442 g/mol. The lowest BCUT2D eigenvalue weighted by Crippen LogP contribution is -2.61. The molecule has 0 unspecified atom stereocenters. The molecule has 30 heavy (non-hydrogen) atoms. The van der Waals surface area contributed by atoms with Gasteiger partial charge < -0.3 is 29.4 Å². The van der Waals surface area contributed by atoms with Crippen molar-refractivity contribution in [3.8, 4) is 0 Å². The van der Waals surface area contributed by atoms with Crippen LogP contribution in [-0.4, -0.2) is 70.5 Å². The molecule has 0 radical (unpaired) electrons. The number of carbonyl (C=O) groups is 4. The van der Waals surface area contributed by atoms with Crippen LogP contribution in [0.25, 0.3) is 0 Å². The number of hydrogen-bond acceptors (Lipinski definition) is 14. The predicted molar refractivity (Wildman–Crippen MR) is 102 cm³/mol. The minimum Gasteiger partial charge on any atom is -0.463 e. The second kappa shape index (κ2) is 10.5. The van der Waals surface area contributed by atoms with Crippen molar-refractivity contribution in [3.05, 3.63) is 0 Å². The monoisotopic (exact) mass is 463 g/mol. The SMILES string of the molecule is CC(=O)OC[C@@H]1O[C@H](Sc2nnc(N)s2)[C@H](OC(C)=O)[C@H](OC(C)=O)[C@@H]1OC(C)=O. The number of aromatic nitrogens is 2. The van der Waals surface area contributed by atoms with E-state index in [4.69, 9.17) is 29.4 Å². The first-order valence-corrected chi connectivity index (χ1v) is 10.3. The number of hydrogen-bond donors (Lipinski definition) is 1. The van der Waals surface area contributed by atoms with Gasteiger partial charge in [-0.2, -0.15) is 0 Å². The lowest BCUT2D eigenvalue weighted by atomic mass is 9.99. The molecule has 1 saturated heterocycles. The van der Waals surface area contributed by atoms with E-state index in [2.05, 4.69) is 10.2 Å². The molecule has 0 bridgehead atoms. The molecule has 0 aromatic carbocycles. The van der Waals surface area contributed by atoms with Crippen LogP contribution in [0.2, 0.25) is 0 Å². The second-order valence-corrected chi connectivity index (χ2v) is 8.45. The summed E-state index contributed by atoms with van der Waals surface area (Å²) in [6, 6.07) is 0. The van der Waals surface area contributed by atoms with E-state index < -0.39 is 53.7 Å². The van der Waals surface area contributed by atoms with Gasteiger partial charge in [-0.3, -0.25) is 19.2 Å². The lowest BCUT2D eigenvalue weighted by molar-refractivity contribution is -0.237. The molecule has 1 aromatic rings. The molecule has 5 atom stereocenters. The number of nitrogens with two attached hydrogens (primary N) is 1. The molecule has 0 saturated carbocycles. The summed E-state index contributed by atoms with van der Waals surface area (Å²) in [6.07, 6.45) is -4.62. The molecule has 14 heteroatoms. The quantitative estimate of drug-likeness (QED) is 0.433. The summed E-state index contributed by atoms with van der Waals surface area (Å²) in [5.74, 6) is -2.67. The van der Waals surface area contributed by atoms with Crippen LogP contribution < -0.4 is 5.73 Å². The Morgan fingerprint density at radius 3 is 2.00 bits per heavy atom. The molecule has 0 aliphatic carbocycles. The van der Waals surface area contributed by atoms with Gasteiger partial charge in [-0.05, 0) is 0 Å². The molecule has 1 aromatic heterocycles. The molecule has 0 amide bonds. The van der Waals surface area contributed by atoms with E-state index in [0.29, 0.717) is 4.34 Å². The summed E-state index contributed by atoms with van der Waals surface area (Å²) in [6.45, 7) is 4.37. The number of anilines is 1. The Labute approximate surface area is 179 Å². The number of carbonyl (C=O) groups excluding carboxylic acids is 4. The van der Waals surface area contributed by atoms with Crippen LogP contribution >= 0.6 is 23.1 Å². The van der Waals surface area contributed by atoms with Crippen LogP contribution in [-0.2, 0) is 42.9 Å². The van der Waals surface area contributed by atoms with Crippen LogP contribution in [0.1, 0.15) is 27.7 Å². The summed E-state index contributed by atoms with van der Waals surface area (Å²) >= 11 is 2.09. The van der Waals surface area contributed by atoms with Crippen LogP contribution in [0, 0.1) is 0 Å². The van der Waals surface area contributed by atoms with Gasteiger partial charge in [-0.25, -0.2) is 0 Å². The van der Waals surface area contributed by atoms with E-state index in [1.165, 1.54) is 13.8 Å². The van der Waals surface area contributed by atoms with Crippen molar-refractivity contribution in [3.63, 3.8) is 0 Å². The minimum absolute atomic E-state index is 0.211. The van der Waals surface area contributed by atoms with Crippen molar-refractivity contribution in [1.82, 2.24) is 10.2 Å². The maximum Gasteiger partial charge on any atom is 0.303 e. The van der Waals surface area contributed by atoms with E-state index in [-0.39, 0.29) is 11.7 Å². The summed E-state index contributed by atoms with van der Waals surface area (Å²) < 4.78 is 27.3. The molecular formula is C16H21N3O9S2. The summed E-state index contributed by atoms with van der Waals surface area (Å²) in [4.78, 5) is 46.4. The van der Waals surface area contributed by atoms with Crippen LogP contribution in [0.3, 0.4) is 0 Å². The molecule has 2 N–H and O–H groups in total. The predicted octanol–water partition coefficient (Wildman–Crippen LogP) is 0.295. The lowest BCUT2D eigenvalue weighted by Gasteiger charge is -2.43. The van der Waals surface area contributed by atoms with Gasteiger partial charge in [0.05, 0.1) is 0 Å². The van der Waals surface area contributed by atoms with Crippen LogP contribution in [0.4, 0.5) is 5.13 Å². The molecule has 1 fully saturated rings. The molecule has 2 heterocycles. The highest BCUT2D eigenvalue weighted by atomic mass is 32.2. The van der Waals surface area contributed by atoms with Crippen molar-refractivity contribution in [2.45, 2.75) is 61.9 Å². The smallest absolute Gasteiger partial charge is 0.303 e. The Bertz CT molecular complexity index is 803. The fourth-order valence-corrected chi connectivity index (χ4v) is 4.56. The van der Waals surface area contributed by atoms with E-state index in [0.717, 1.165) is 36.9 Å². The van der Waals surface area contributed by atoms with E-state index >= 15 is 0 Å². The number of nitrogen functional groups attached to an aromatic ring is 1. The van der Waals surface area contributed by atoms with Crippen LogP contribution in [0.15, 0.2) is 4.34 Å². The zero-order valence-corrected chi connectivity index (χ0v) is 18.2. The van der Waals surface area contributed by atoms with Crippen molar-refractivity contribution < 1.29 is 42.9 Å². The average molecular weight is 463 g/mol. The first kappa shape index (κ1) is 23.8. The topological polar surface area (TPSA) is 166 Å². The number of thioether (sulfide) groups is 1. The van der Waals surface area contributed by atoms with Crippen LogP contribution in [0.5, 0.6) is 0 Å². The standard InChI is InChI=1S/C16H21N3O9S2/c1-6(20)24-5-10-11(25-7(2)21)12(26-8(3)22)13(27-9(4)23)14(28-10)29-16-19-18-15(17)30-16/h10-14H,5H2,1-4H3,(H2,17,18)/t10-,11+,12+,13+,14+/m0/s1. The number of nitrogens with zero attached hydrogens (tertiary/aromatic N) is 2. The van der Waals surface area contributed by atoms with Gasteiger partial charge in [-0.1, -0.05) is 23.1 Å². The van der Waals surface area contributed by atoms with Crippen molar-refractivity contribution in [1.29, 1.82) is 0 Å². The molecule has 0 spiro atoms. The highest BCUT2D eigenvalue weighted by Gasteiger charge is 2.52. The summed E-state index contributed by atoms with van der Waals surface area (Å²) in [5.41, 5.74) is 4.64. The van der Waals surface area contributed by atoms with E-state index in [1.807, 2.05) is 0 Å². The van der Waals surface area contributed by atoms with E-state index in [1.54, 1.807) is 0 Å². The normalized spacial score (nSPS) is 25.8. The Morgan fingerprint density at radius 2 is 1.50 bits per heavy atom. The molecule has 2 rings (SSSR count). The fraction of sp³-hybridized carbons (Fsp3) is 0.625. The highest BCUT2D eigenvalue weighted by molar-refractivity contribution is 8.01. The zero-order chi connectivity index (χ0) is 22.4. The Balaban J connectivity index is 2.41. The minimum atomic E-state index is -1.23. The van der Waals surface area contributed by atoms with Gasteiger partial charge >= 0.3 is 23.9 Å². The molecule has 1 aliphatic heterocycles. The van der Waals surface area contributed by atoms with Crippen molar-refractivity contribution in [2.24, 2.45) is 0 Å². The van der Waals surface area contributed by atoms with Gasteiger partial charge in [0.1, 0.15) is 12.7 Å². The molecule has 1 aliphatic rings. The van der Waals surface area contributed by atoms with E-state index in [9.17, 15) is 19.2 Å². The fourth-order valence-electron chi connectivity index (χ4n) is 2.65. The Kier molecular flexibility index (Phi) is 8.37. The summed E-state index contributed by atoms with van der Waals surface area (Å²) in [5, 5.41) is 7.80. The third-order valence-electron chi connectivity index (χ3n) is 3.59. The number of esters is 4. The maximum absolute atomic E-state index is 11.7. The Morgan fingerprint density at radius 1 is 0.933 bits per heavy atom. The first-order valence-electron chi connectivity index (χ1n) is 8.63. The number of rotatable bonds is 7. The van der Waals surface area contributed by atoms with Gasteiger partial charge in [0.25, 0.3) is 0 Å². The van der Waals surface area contributed by atoms with Gasteiger partial charge in [0.2, 0.25) is 5.13 Å². The van der Waals surface area contributed by atoms with Gasteiger partial charge in [-0.15, -0.1) is 10.2 Å². The van der Waals surface area contributed by atoms with Gasteiger partial charge in [0, 0.05) is 27.7 Å². The second-order valence-electron chi connectivity index (χ2n) is 6.09. The zero-order valence-electron chi connectivity index (χ0n) is 16.6.